The summed E-state index contributed by atoms with van der Waals surface area (Å²) in [5.41, 5.74) is 3.50. The van der Waals surface area contributed by atoms with E-state index in [9.17, 15) is 0 Å². The van der Waals surface area contributed by atoms with Crippen molar-refractivity contribution in [1.29, 1.82) is 0 Å². The molecular weight excluding hydrogens is 258 g/mol. The number of aryl methyl sites for hydroxylation is 1. The lowest BCUT2D eigenvalue weighted by atomic mass is 9.68. The number of fused-ring (bicyclic) bond motifs is 2. The fourth-order valence-corrected chi connectivity index (χ4v) is 5.08. The van der Waals surface area contributed by atoms with E-state index in [1.54, 1.807) is 7.11 Å². The molecule has 2 aliphatic rings. The summed E-state index contributed by atoms with van der Waals surface area (Å²) >= 11 is 0. The Morgan fingerprint density at radius 2 is 2.05 bits per heavy atom. The summed E-state index contributed by atoms with van der Waals surface area (Å²) in [6, 6.07) is 7.14. The van der Waals surface area contributed by atoms with Crippen molar-refractivity contribution in [3.05, 3.63) is 29.3 Å². The molecule has 2 nitrogen and oxygen atoms in total. The Labute approximate surface area is 129 Å². The Morgan fingerprint density at radius 1 is 1.29 bits per heavy atom. The molecule has 0 amide bonds. The number of rotatable bonds is 4. The third-order valence-electron chi connectivity index (χ3n) is 6.24. The number of nitrogens with one attached hydrogen (secondary N) is 1. The molecule has 116 valence electrons. The largest absolute Gasteiger partial charge is 0.496 e. The number of hydrogen-bond acceptors (Lipinski definition) is 2. The van der Waals surface area contributed by atoms with Gasteiger partial charge in [0.1, 0.15) is 5.75 Å². The summed E-state index contributed by atoms with van der Waals surface area (Å²) in [5, 5.41) is 3.88. The van der Waals surface area contributed by atoms with Crippen LogP contribution < -0.4 is 10.1 Å². The lowest BCUT2D eigenvalue weighted by Gasteiger charge is -2.43. The first-order valence-corrected chi connectivity index (χ1v) is 8.24. The standard InChI is InChI=1S/C19H29NO/c1-13-10-14(6-7-16(13)21-5)12-20-17-18(2,3)15-8-9-19(17,4)11-15/h6-7,10,15,17,20H,8-9,11-12H2,1-5H3. The number of methoxy groups -OCH3 is 1. The topological polar surface area (TPSA) is 21.3 Å². The average Bonchev–Trinajstić information content (AvgIpc) is 2.89. The molecule has 2 saturated carbocycles. The minimum Gasteiger partial charge on any atom is -0.496 e. The molecule has 2 bridgehead atoms. The van der Waals surface area contributed by atoms with Gasteiger partial charge >= 0.3 is 0 Å². The van der Waals surface area contributed by atoms with Gasteiger partial charge in [-0.3, -0.25) is 0 Å². The van der Waals surface area contributed by atoms with Crippen molar-refractivity contribution in [2.75, 3.05) is 7.11 Å². The highest BCUT2D eigenvalue weighted by Gasteiger charge is 2.58. The predicted molar refractivity (Wildman–Crippen MR) is 87.6 cm³/mol. The number of ether oxygens (including phenoxy) is 1. The van der Waals surface area contributed by atoms with Gasteiger partial charge in [-0.05, 0) is 60.1 Å². The molecule has 0 aliphatic heterocycles. The second kappa shape index (κ2) is 5.01. The van der Waals surface area contributed by atoms with Gasteiger partial charge in [-0.25, -0.2) is 0 Å². The van der Waals surface area contributed by atoms with Crippen LogP contribution in [0.2, 0.25) is 0 Å². The average molecular weight is 287 g/mol. The molecule has 3 rings (SSSR count). The van der Waals surface area contributed by atoms with E-state index in [4.69, 9.17) is 4.74 Å². The SMILES string of the molecule is COc1ccc(CNC2C3(C)CCC(C3)C2(C)C)cc1C. The molecule has 21 heavy (non-hydrogen) atoms. The van der Waals surface area contributed by atoms with E-state index in [0.717, 1.165) is 18.2 Å². The van der Waals surface area contributed by atoms with E-state index in [1.807, 2.05) is 0 Å². The van der Waals surface area contributed by atoms with Crippen molar-refractivity contribution < 1.29 is 4.74 Å². The van der Waals surface area contributed by atoms with Crippen LogP contribution in [0.25, 0.3) is 0 Å². The molecule has 0 spiro atoms. The van der Waals surface area contributed by atoms with Crippen molar-refractivity contribution in [3.8, 4) is 5.75 Å². The molecule has 1 aromatic carbocycles. The Bertz CT molecular complexity index is 532. The second-order valence-electron chi connectivity index (χ2n) is 8.03. The predicted octanol–water partition coefficient (Wildman–Crippen LogP) is 4.31. The smallest absolute Gasteiger partial charge is 0.121 e. The Balaban J connectivity index is 1.72. The van der Waals surface area contributed by atoms with E-state index >= 15 is 0 Å². The summed E-state index contributed by atoms with van der Waals surface area (Å²) in [7, 11) is 1.73. The lowest BCUT2D eigenvalue weighted by Crippen LogP contribution is -2.49. The van der Waals surface area contributed by atoms with E-state index in [1.165, 1.54) is 30.4 Å². The van der Waals surface area contributed by atoms with Crippen LogP contribution >= 0.6 is 0 Å². The van der Waals surface area contributed by atoms with Crippen LogP contribution in [0.1, 0.15) is 51.2 Å². The molecule has 2 fully saturated rings. The quantitative estimate of drug-likeness (QED) is 0.891. The Hall–Kier alpha value is -1.02. The number of benzene rings is 1. The molecule has 3 unspecified atom stereocenters. The first kappa shape index (κ1) is 14.9. The van der Waals surface area contributed by atoms with Gasteiger partial charge in [-0.15, -0.1) is 0 Å². The highest BCUT2D eigenvalue weighted by molar-refractivity contribution is 5.36. The van der Waals surface area contributed by atoms with Crippen LogP contribution in [-0.4, -0.2) is 13.2 Å². The van der Waals surface area contributed by atoms with Crippen LogP contribution in [0.5, 0.6) is 5.75 Å². The summed E-state index contributed by atoms with van der Waals surface area (Å²) in [5.74, 6) is 1.88. The van der Waals surface area contributed by atoms with Gasteiger partial charge in [0.05, 0.1) is 7.11 Å². The van der Waals surface area contributed by atoms with Crippen LogP contribution in [-0.2, 0) is 6.54 Å². The monoisotopic (exact) mass is 287 g/mol. The first-order chi connectivity index (χ1) is 9.87. The third kappa shape index (κ3) is 2.38. The fourth-order valence-electron chi connectivity index (χ4n) is 5.08. The summed E-state index contributed by atoms with van der Waals surface area (Å²) in [6.07, 6.45) is 4.21. The van der Waals surface area contributed by atoms with Crippen molar-refractivity contribution in [2.24, 2.45) is 16.7 Å². The maximum absolute atomic E-state index is 5.35. The van der Waals surface area contributed by atoms with Gasteiger partial charge in [0.25, 0.3) is 0 Å². The van der Waals surface area contributed by atoms with Gasteiger partial charge in [0.15, 0.2) is 0 Å². The first-order valence-electron chi connectivity index (χ1n) is 8.24. The minimum absolute atomic E-state index is 0.425. The lowest BCUT2D eigenvalue weighted by molar-refractivity contribution is 0.108. The van der Waals surface area contributed by atoms with Crippen LogP contribution in [0.3, 0.4) is 0 Å². The third-order valence-corrected chi connectivity index (χ3v) is 6.24. The maximum atomic E-state index is 5.35. The zero-order valence-corrected chi connectivity index (χ0v) is 14.1. The van der Waals surface area contributed by atoms with Crippen LogP contribution in [0.4, 0.5) is 0 Å². The molecule has 1 aromatic rings. The van der Waals surface area contributed by atoms with Gasteiger partial charge in [-0.1, -0.05) is 32.9 Å². The van der Waals surface area contributed by atoms with Crippen molar-refractivity contribution in [1.82, 2.24) is 5.32 Å². The molecule has 3 atom stereocenters. The number of hydrogen-bond donors (Lipinski definition) is 1. The molecule has 0 saturated heterocycles. The van der Waals surface area contributed by atoms with Crippen LogP contribution in [0.15, 0.2) is 18.2 Å². The van der Waals surface area contributed by atoms with E-state index in [-0.39, 0.29) is 0 Å². The summed E-state index contributed by atoms with van der Waals surface area (Å²) in [4.78, 5) is 0. The molecule has 0 radical (unpaired) electrons. The van der Waals surface area contributed by atoms with E-state index in [2.05, 4.69) is 51.2 Å². The van der Waals surface area contributed by atoms with Gasteiger partial charge < -0.3 is 10.1 Å². The highest BCUT2D eigenvalue weighted by Crippen LogP contribution is 2.62. The summed E-state index contributed by atoms with van der Waals surface area (Å²) in [6.45, 7) is 10.5. The van der Waals surface area contributed by atoms with Crippen molar-refractivity contribution in [3.63, 3.8) is 0 Å². The Kier molecular flexibility index (Phi) is 3.56. The molecule has 0 aromatic heterocycles. The minimum atomic E-state index is 0.425. The summed E-state index contributed by atoms with van der Waals surface area (Å²) < 4.78 is 5.35. The molecule has 2 heteroatoms. The Morgan fingerprint density at radius 3 is 2.62 bits per heavy atom. The van der Waals surface area contributed by atoms with Crippen molar-refractivity contribution >= 4 is 0 Å². The maximum Gasteiger partial charge on any atom is 0.121 e. The van der Waals surface area contributed by atoms with Crippen LogP contribution in [0, 0.1) is 23.7 Å². The fraction of sp³-hybridized carbons (Fsp3) is 0.684. The van der Waals surface area contributed by atoms with Gasteiger partial charge in [-0.2, -0.15) is 0 Å². The van der Waals surface area contributed by atoms with Gasteiger partial charge in [0, 0.05) is 12.6 Å². The van der Waals surface area contributed by atoms with E-state index in [0.29, 0.717) is 16.9 Å². The zero-order chi connectivity index (χ0) is 15.3. The molecular formula is C19H29NO. The zero-order valence-electron chi connectivity index (χ0n) is 14.1. The normalized spacial score (nSPS) is 33.4. The molecule has 1 N–H and O–H groups in total. The van der Waals surface area contributed by atoms with E-state index < -0.39 is 0 Å². The van der Waals surface area contributed by atoms with Crippen molar-refractivity contribution in [2.45, 2.75) is 59.5 Å². The molecule has 2 aliphatic carbocycles. The second-order valence-corrected chi connectivity index (χ2v) is 8.03. The molecule has 0 heterocycles. The highest BCUT2D eigenvalue weighted by atomic mass is 16.5. The van der Waals surface area contributed by atoms with Gasteiger partial charge in [0.2, 0.25) is 0 Å².